The highest BCUT2D eigenvalue weighted by Crippen LogP contribution is 2.17. The summed E-state index contributed by atoms with van der Waals surface area (Å²) in [5.74, 6) is 0.766. The van der Waals surface area contributed by atoms with Gasteiger partial charge in [-0.3, -0.25) is 4.79 Å². The number of hydrogen-bond donors (Lipinski definition) is 2. The van der Waals surface area contributed by atoms with Crippen molar-refractivity contribution in [2.24, 2.45) is 11.7 Å². The molecule has 0 aromatic heterocycles. The van der Waals surface area contributed by atoms with Gasteiger partial charge in [-0.2, -0.15) is 0 Å². The first-order valence-corrected chi connectivity index (χ1v) is 5.48. The summed E-state index contributed by atoms with van der Waals surface area (Å²) >= 11 is 0. The molecule has 1 heterocycles. The molecule has 4 heteroatoms. The number of amides is 1. The molecule has 0 aliphatic carbocycles. The van der Waals surface area contributed by atoms with Gasteiger partial charge in [-0.1, -0.05) is 6.58 Å². The second kappa shape index (κ2) is 5.75. The fourth-order valence-electron chi connectivity index (χ4n) is 1.83. The third-order valence-corrected chi connectivity index (χ3v) is 2.93. The zero-order chi connectivity index (χ0) is 11.3. The number of carbonyl (C=O) groups is 1. The van der Waals surface area contributed by atoms with Gasteiger partial charge >= 0.3 is 0 Å². The molecule has 3 N–H and O–H groups in total. The van der Waals surface area contributed by atoms with Crippen LogP contribution in [0.15, 0.2) is 12.3 Å². The average molecular weight is 212 g/mol. The van der Waals surface area contributed by atoms with Crippen LogP contribution in [-0.4, -0.2) is 35.5 Å². The van der Waals surface area contributed by atoms with Crippen molar-refractivity contribution < 1.29 is 9.90 Å². The number of allylic oxidation sites excluding steroid dienone is 1. The quantitative estimate of drug-likeness (QED) is 0.684. The normalized spacial score (nSPS) is 17.8. The fraction of sp³-hybridized carbons (Fsp3) is 0.727. The van der Waals surface area contributed by atoms with Crippen molar-refractivity contribution in [1.29, 1.82) is 0 Å². The minimum absolute atomic E-state index is 0.0835. The Balaban J connectivity index is 2.27. The van der Waals surface area contributed by atoms with Gasteiger partial charge in [0, 0.05) is 25.9 Å². The fourth-order valence-corrected chi connectivity index (χ4v) is 1.83. The molecule has 1 fully saturated rings. The van der Waals surface area contributed by atoms with Crippen molar-refractivity contribution in [1.82, 2.24) is 4.90 Å². The maximum absolute atomic E-state index is 11.6. The van der Waals surface area contributed by atoms with Gasteiger partial charge in [-0.05, 0) is 25.3 Å². The minimum Gasteiger partial charge on any atom is -0.513 e. The van der Waals surface area contributed by atoms with E-state index in [1.165, 1.54) is 0 Å². The van der Waals surface area contributed by atoms with Gasteiger partial charge in [0.05, 0.1) is 5.76 Å². The molecule has 0 spiro atoms. The van der Waals surface area contributed by atoms with Crippen molar-refractivity contribution in [3.63, 3.8) is 0 Å². The van der Waals surface area contributed by atoms with Crippen LogP contribution in [0.3, 0.4) is 0 Å². The van der Waals surface area contributed by atoms with E-state index >= 15 is 0 Å². The first-order chi connectivity index (χ1) is 7.13. The molecule has 4 nitrogen and oxygen atoms in total. The number of rotatable bonds is 4. The van der Waals surface area contributed by atoms with Gasteiger partial charge in [0.15, 0.2) is 0 Å². The van der Waals surface area contributed by atoms with Gasteiger partial charge in [-0.25, -0.2) is 0 Å². The van der Waals surface area contributed by atoms with E-state index < -0.39 is 0 Å². The molecule has 0 saturated carbocycles. The van der Waals surface area contributed by atoms with E-state index in [-0.39, 0.29) is 11.7 Å². The van der Waals surface area contributed by atoms with E-state index in [2.05, 4.69) is 6.58 Å². The number of nitrogens with zero attached hydrogens (tertiary/aromatic N) is 1. The van der Waals surface area contributed by atoms with Crippen LogP contribution in [0.4, 0.5) is 0 Å². The summed E-state index contributed by atoms with van der Waals surface area (Å²) in [6.45, 7) is 5.69. The predicted molar refractivity (Wildman–Crippen MR) is 59.4 cm³/mol. The van der Waals surface area contributed by atoms with Crippen molar-refractivity contribution in [2.45, 2.75) is 25.7 Å². The van der Waals surface area contributed by atoms with Crippen LogP contribution in [0.1, 0.15) is 25.7 Å². The molecule has 86 valence electrons. The molecule has 1 aliphatic rings. The van der Waals surface area contributed by atoms with Crippen molar-refractivity contribution in [3.8, 4) is 0 Å². The third-order valence-electron chi connectivity index (χ3n) is 2.93. The van der Waals surface area contributed by atoms with Crippen molar-refractivity contribution >= 4 is 5.91 Å². The number of aliphatic hydroxyl groups is 1. The standard InChI is InChI=1S/C11H20N2O2/c1-9(14)2-3-11(15)13-6-4-10(8-12)5-7-13/h10,14H,1-8,12H2. The summed E-state index contributed by atoms with van der Waals surface area (Å²) in [6.07, 6.45) is 2.74. The largest absolute Gasteiger partial charge is 0.513 e. The van der Waals surface area contributed by atoms with Gasteiger partial charge in [-0.15, -0.1) is 0 Å². The predicted octanol–water partition coefficient (Wildman–Crippen LogP) is 1.04. The van der Waals surface area contributed by atoms with E-state index in [1.54, 1.807) is 0 Å². The highest BCUT2D eigenvalue weighted by Gasteiger charge is 2.21. The van der Waals surface area contributed by atoms with Gasteiger partial charge in [0.2, 0.25) is 5.91 Å². The summed E-state index contributed by atoms with van der Waals surface area (Å²) in [6, 6.07) is 0. The second-order valence-corrected chi connectivity index (χ2v) is 4.13. The van der Waals surface area contributed by atoms with E-state index in [9.17, 15) is 4.79 Å². The van der Waals surface area contributed by atoms with Crippen LogP contribution in [0.5, 0.6) is 0 Å². The molecule has 1 saturated heterocycles. The van der Waals surface area contributed by atoms with Crippen LogP contribution < -0.4 is 5.73 Å². The number of carbonyl (C=O) groups excluding carboxylic acids is 1. The molecule has 0 aromatic rings. The maximum atomic E-state index is 11.6. The van der Waals surface area contributed by atoms with Gasteiger partial charge in [0.25, 0.3) is 0 Å². The Bertz CT molecular complexity index is 233. The topological polar surface area (TPSA) is 66.6 Å². The third kappa shape index (κ3) is 3.91. The molecule has 0 bridgehead atoms. The van der Waals surface area contributed by atoms with E-state index in [0.717, 1.165) is 32.5 Å². The van der Waals surface area contributed by atoms with Crippen molar-refractivity contribution in [3.05, 3.63) is 12.3 Å². The SMILES string of the molecule is C=C(O)CCC(=O)N1CCC(CN)CC1. The molecular weight excluding hydrogens is 192 g/mol. The van der Waals surface area contributed by atoms with Gasteiger partial charge in [0.1, 0.15) is 0 Å². The first-order valence-electron chi connectivity index (χ1n) is 5.48. The Hall–Kier alpha value is -1.03. The maximum Gasteiger partial charge on any atom is 0.223 e. The van der Waals surface area contributed by atoms with Crippen molar-refractivity contribution in [2.75, 3.05) is 19.6 Å². The number of nitrogens with two attached hydrogens (primary N) is 1. The monoisotopic (exact) mass is 212 g/mol. The first kappa shape index (κ1) is 12.0. The summed E-state index contributed by atoms with van der Waals surface area (Å²) in [7, 11) is 0. The number of aliphatic hydroxyl groups excluding tert-OH is 1. The van der Waals surface area contributed by atoms with Crippen LogP contribution in [0.25, 0.3) is 0 Å². The smallest absolute Gasteiger partial charge is 0.223 e. The molecule has 0 radical (unpaired) electrons. The molecule has 0 aromatic carbocycles. The summed E-state index contributed by atoms with van der Waals surface area (Å²) in [5.41, 5.74) is 5.58. The lowest BCUT2D eigenvalue weighted by Gasteiger charge is -2.31. The molecule has 1 rings (SSSR count). The Morgan fingerprint density at radius 2 is 2.00 bits per heavy atom. The van der Waals surface area contributed by atoms with E-state index in [0.29, 0.717) is 18.8 Å². The lowest BCUT2D eigenvalue weighted by Crippen LogP contribution is -2.39. The Kier molecular flexibility index (Phi) is 4.62. The number of hydrogen-bond acceptors (Lipinski definition) is 3. The molecule has 1 aliphatic heterocycles. The second-order valence-electron chi connectivity index (χ2n) is 4.13. The van der Waals surface area contributed by atoms with E-state index in [4.69, 9.17) is 10.8 Å². The molecule has 15 heavy (non-hydrogen) atoms. The Labute approximate surface area is 90.7 Å². The van der Waals surface area contributed by atoms with Gasteiger partial charge < -0.3 is 15.7 Å². The zero-order valence-corrected chi connectivity index (χ0v) is 9.11. The van der Waals surface area contributed by atoms with Crippen LogP contribution in [0.2, 0.25) is 0 Å². The molecule has 0 unspecified atom stereocenters. The molecular formula is C11H20N2O2. The summed E-state index contributed by atoms with van der Waals surface area (Å²) in [4.78, 5) is 13.5. The average Bonchev–Trinajstić information content (AvgIpc) is 2.26. The number of likely N-dealkylation sites (tertiary alicyclic amines) is 1. The van der Waals surface area contributed by atoms with Crippen LogP contribution in [-0.2, 0) is 4.79 Å². The molecule has 0 atom stereocenters. The lowest BCUT2D eigenvalue weighted by molar-refractivity contribution is -0.132. The van der Waals surface area contributed by atoms with Crippen LogP contribution >= 0.6 is 0 Å². The highest BCUT2D eigenvalue weighted by atomic mass is 16.3. The highest BCUT2D eigenvalue weighted by molar-refractivity contribution is 5.76. The Morgan fingerprint density at radius 3 is 2.47 bits per heavy atom. The minimum atomic E-state index is 0.0835. The number of piperidine rings is 1. The van der Waals surface area contributed by atoms with E-state index in [1.807, 2.05) is 4.90 Å². The lowest BCUT2D eigenvalue weighted by atomic mass is 9.97. The summed E-state index contributed by atoms with van der Waals surface area (Å²) < 4.78 is 0. The Morgan fingerprint density at radius 1 is 1.40 bits per heavy atom. The zero-order valence-electron chi connectivity index (χ0n) is 9.11. The molecule has 1 amide bonds. The summed E-state index contributed by atoms with van der Waals surface area (Å²) in [5, 5.41) is 8.90. The van der Waals surface area contributed by atoms with Crippen LogP contribution in [0, 0.1) is 5.92 Å².